The number of carboxylic acid groups (broad SMARTS) is 1. The minimum atomic E-state index is -5.01. The van der Waals surface area contributed by atoms with Gasteiger partial charge in [0, 0.05) is 24.8 Å². The number of halogens is 6. The fraction of sp³-hybridized carbons (Fsp3) is 0.346. The summed E-state index contributed by atoms with van der Waals surface area (Å²) in [7, 11) is 0. The van der Waals surface area contributed by atoms with Gasteiger partial charge in [0.2, 0.25) is 5.82 Å². The molecule has 1 saturated heterocycles. The summed E-state index contributed by atoms with van der Waals surface area (Å²) in [5.41, 5.74) is -2.20. The van der Waals surface area contributed by atoms with Crippen LogP contribution >= 0.6 is 0 Å². The number of nitrogens with zero attached hydrogens (tertiary/aromatic N) is 6. The molecule has 0 saturated carbocycles. The van der Waals surface area contributed by atoms with Crippen LogP contribution in [0.15, 0.2) is 53.3 Å². The minimum Gasteiger partial charge on any atom is -0.481 e. The van der Waals surface area contributed by atoms with Gasteiger partial charge in [-0.3, -0.25) is 9.69 Å². The topological polar surface area (TPSA) is 130 Å². The molecular weight excluding hydrogens is 574 g/mol. The number of hydrogen-bond donors (Lipinski definition) is 2. The highest BCUT2D eigenvalue weighted by molar-refractivity contribution is 5.70. The van der Waals surface area contributed by atoms with Gasteiger partial charge in [-0.2, -0.15) is 36.4 Å². The van der Waals surface area contributed by atoms with E-state index in [-0.39, 0.29) is 12.4 Å². The van der Waals surface area contributed by atoms with Crippen LogP contribution in [0, 0.1) is 5.92 Å². The SMILES string of the molecule is O=C(O)[C@H]1CCCN(CC(O)c2ccc(-c3noc(-c4cnn(-c5ccc(C(F)(F)F)cn5)c4C(F)(F)F)n3)cc2)C1. The molecule has 0 spiro atoms. The van der Waals surface area contributed by atoms with Crippen LogP contribution in [-0.4, -0.2) is 65.6 Å². The number of piperidine rings is 1. The first kappa shape index (κ1) is 29.2. The van der Waals surface area contributed by atoms with Gasteiger partial charge in [0.25, 0.3) is 5.89 Å². The van der Waals surface area contributed by atoms with Crippen LogP contribution in [0.4, 0.5) is 26.3 Å². The number of aromatic nitrogens is 5. The lowest BCUT2D eigenvalue weighted by Crippen LogP contribution is -2.40. The molecule has 2 atom stereocenters. The Morgan fingerprint density at radius 1 is 1.05 bits per heavy atom. The molecule has 16 heteroatoms. The maximum absolute atomic E-state index is 14.0. The number of rotatable bonds is 7. The summed E-state index contributed by atoms with van der Waals surface area (Å²) >= 11 is 0. The van der Waals surface area contributed by atoms with E-state index in [1.54, 1.807) is 24.3 Å². The van der Waals surface area contributed by atoms with Crippen molar-refractivity contribution in [2.75, 3.05) is 19.6 Å². The van der Waals surface area contributed by atoms with Crippen molar-refractivity contribution in [1.82, 2.24) is 29.8 Å². The molecule has 3 aromatic heterocycles. The molecule has 4 heterocycles. The van der Waals surface area contributed by atoms with E-state index < -0.39 is 58.9 Å². The summed E-state index contributed by atoms with van der Waals surface area (Å²) in [6.45, 7) is 1.23. The van der Waals surface area contributed by atoms with E-state index in [1.807, 2.05) is 4.90 Å². The normalized spacial score (nSPS) is 17.4. The Labute approximate surface area is 233 Å². The van der Waals surface area contributed by atoms with Crippen molar-refractivity contribution < 1.29 is 45.9 Å². The molecule has 0 bridgehead atoms. The molecule has 1 unspecified atom stereocenters. The van der Waals surface area contributed by atoms with Crippen LogP contribution in [0.25, 0.3) is 28.7 Å². The Morgan fingerprint density at radius 2 is 1.79 bits per heavy atom. The molecule has 2 N–H and O–H groups in total. The average molecular weight is 596 g/mol. The highest BCUT2D eigenvalue weighted by Crippen LogP contribution is 2.38. The second-order valence-electron chi connectivity index (χ2n) is 9.72. The lowest BCUT2D eigenvalue weighted by Gasteiger charge is -2.32. The van der Waals surface area contributed by atoms with E-state index in [1.165, 1.54) is 0 Å². The summed E-state index contributed by atoms with van der Waals surface area (Å²) in [5.74, 6) is -2.45. The van der Waals surface area contributed by atoms with Gasteiger partial charge in [0.05, 0.1) is 29.3 Å². The van der Waals surface area contributed by atoms with Crippen molar-refractivity contribution >= 4 is 5.97 Å². The number of pyridine rings is 1. The fourth-order valence-electron chi connectivity index (χ4n) is 4.71. The number of alkyl halides is 6. The highest BCUT2D eigenvalue weighted by Gasteiger charge is 2.41. The molecule has 1 aliphatic rings. The smallest absolute Gasteiger partial charge is 0.434 e. The number of carbonyl (C=O) groups is 1. The zero-order valence-electron chi connectivity index (χ0n) is 21.5. The van der Waals surface area contributed by atoms with Crippen LogP contribution in [0.2, 0.25) is 0 Å². The Bertz CT molecular complexity index is 1550. The van der Waals surface area contributed by atoms with Gasteiger partial charge in [0.15, 0.2) is 11.5 Å². The molecule has 5 rings (SSSR count). The predicted octanol–water partition coefficient (Wildman–Crippen LogP) is 4.85. The predicted molar refractivity (Wildman–Crippen MR) is 132 cm³/mol. The van der Waals surface area contributed by atoms with Crippen LogP contribution in [0.3, 0.4) is 0 Å². The van der Waals surface area contributed by atoms with Crippen molar-refractivity contribution in [3.05, 3.63) is 65.6 Å². The number of β-amino-alcohol motifs (C(OH)–C–C–N with tert-alkyl or cyclic N) is 1. The van der Waals surface area contributed by atoms with E-state index in [4.69, 9.17) is 4.52 Å². The number of carboxylic acids is 1. The summed E-state index contributed by atoms with van der Waals surface area (Å²) in [4.78, 5) is 20.7. The Hall–Kier alpha value is -4.31. The van der Waals surface area contributed by atoms with Gasteiger partial charge in [-0.25, -0.2) is 9.67 Å². The monoisotopic (exact) mass is 596 g/mol. The number of benzene rings is 1. The molecule has 1 fully saturated rings. The lowest BCUT2D eigenvalue weighted by atomic mass is 9.97. The van der Waals surface area contributed by atoms with Crippen LogP contribution in [0.1, 0.15) is 35.8 Å². The van der Waals surface area contributed by atoms with E-state index in [2.05, 4.69) is 20.2 Å². The van der Waals surface area contributed by atoms with Gasteiger partial charge in [-0.05, 0) is 37.1 Å². The Kier molecular flexibility index (Phi) is 7.76. The van der Waals surface area contributed by atoms with Crippen molar-refractivity contribution in [2.45, 2.75) is 31.3 Å². The van der Waals surface area contributed by atoms with Crippen molar-refractivity contribution in [3.63, 3.8) is 0 Å². The maximum Gasteiger partial charge on any atom is 0.434 e. The van der Waals surface area contributed by atoms with Crippen LogP contribution in [-0.2, 0) is 17.1 Å². The fourth-order valence-corrected chi connectivity index (χ4v) is 4.71. The molecule has 4 aromatic rings. The van der Waals surface area contributed by atoms with Crippen LogP contribution < -0.4 is 0 Å². The molecule has 1 aromatic carbocycles. The highest BCUT2D eigenvalue weighted by atomic mass is 19.4. The summed E-state index contributed by atoms with van der Waals surface area (Å²) in [6, 6.07) is 7.62. The molecule has 10 nitrogen and oxygen atoms in total. The lowest BCUT2D eigenvalue weighted by molar-refractivity contribution is -0.144. The zero-order chi connectivity index (χ0) is 30.2. The Balaban J connectivity index is 1.35. The summed E-state index contributed by atoms with van der Waals surface area (Å²) < 4.78 is 86.1. The third-order valence-electron chi connectivity index (χ3n) is 6.83. The minimum absolute atomic E-state index is 0.0556. The number of aliphatic hydroxyl groups is 1. The second-order valence-corrected chi connectivity index (χ2v) is 9.72. The van der Waals surface area contributed by atoms with Gasteiger partial charge in [-0.1, -0.05) is 29.4 Å². The van der Waals surface area contributed by atoms with Crippen molar-refractivity contribution in [2.24, 2.45) is 5.92 Å². The van der Waals surface area contributed by atoms with E-state index >= 15 is 0 Å². The molecule has 42 heavy (non-hydrogen) atoms. The summed E-state index contributed by atoms with van der Waals surface area (Å²) in [5, 5.41) is 27.3. The quantitative estimate of drug-likeness (QED) is 0.288. The molecule has 0 aliphatic carbocycles. The largest absolute Gasteiger partial charge is 0.481 e. The van der Waals surface area contributed by atoms with Crippen molar-refractivity contribution in [3.8, 4) is 28.7 Å². The molecular formula is C26H22F6N6O4. The maximum atomic E-state index is 14.0. The van der Waals surface area contributed by atoms with Crippen molar-refractivity contribution in [1.29, 1.82) is 0 Å². The molecule has 0 radical (unpaired) electrons. The number of likely N-dealkylation sites (tertiary alicyclic amines) is 1. The summed E-state index contributed by atoms with van der Waals surface area (Å²) in [6.07, 6.45) is -8.15. The molecule has 222 valence electrons. The standard InChI is InChI=1S/C26H22F6N6O4/c27-25(28,29)17-7-8-20(33-10-17)38-21(26(30,31)32)18(11-34-38)23-35-22(36-42-23)15-5-3-14(4-6-15)19(39)13-37-9-1-2-16(12-37)24(40)41/h3-8,10-11,16,19,39H,1-2,9,12-13H2,(H,40,41)/t16-,19?/m0/s1. The first-order chi connectivity index (χ1) is 19.8. The van der Waals surface area contributed by atoms with Gasteiger partial charge in [-0.15, -0.1) is 0 Å². The van der Waals surface area contributed by atoms with Crippen LogP contribution in [0.5, 0.6) is 0 Å². The van der Waals surface area contributed by atoms with Gasteiger partial charge in [0.1, 0.15) is 0 Å². The Morgan fingerprint density at radius 3 is 2.40 bits per heavy atom. The number of hydrogen-bond acceptors (Lipinski definition) is 8. The number of aliphatic carboxylic acids is 1. The molecule has 1 aliphatic heterocycles. The van der Waals surface area contributed by atoms with E-state index in [9.17, 15) is 41.4 Å². The van der Waals surface area contributed by atoms with Gasteiger partial charge >= 0.3 is 18.3 Å². The third-order valence-corrected chi connectivity index (χ3v) is 6.83. The van der Waals surface area contributed by atoms with E-state index in [0.29, 0.717) is 54.0 Å². The first-order valence-electron chi connectivity index (χ1n) is 12.6. The first-order valence-corrected chi connectivity index (χ1v) is 12.6. The number of aliphatic hydroxyl groups excluding tert-OH is 1. The van der Waals surface area contributed by atoms with Gasteiger partial charge < -0.3 is 14.7 Å². The second kappa shape index (κ2) is 11.2. The molecule has 0 amide bonds. The average Bonchev–Trinajstić information content (AvgIpc) is 3.61. The zero-order valence-corrected chi connectivity index (χ0v) is 21.5. The third kappa shape index (κ3) is 6.13. The van der Waals surface area contributed by atoms with E-state index in [0.717, 1.165) is 12.3 Å².